The van der Waals surface area contributed by atoms with Gasteiger partial charge in [0.15, 0.2) is 17.5 Å². The summed E-state index contributed by atoms with van der Waals surface area (Å²) in [7, 11) is 1.78. The predicted molar refractivity (Wildman–Crippen MR) is 99.4 cm³/mol. The Kier molecular flexibility index (Phi) is 7.68. The minimum Gasteiger partial charge on any atom is -0.490 e. The molecule has 0 atom stereocenters. The lowest BCUT2D eigenvalue weighted by molar-refractivity contribution is 0.293. The fourth-order valence-corrected chi connectivity index (χ4v) is 2.63. The number of nitrogens with zero attached hydrogens (tertiary/aromatic N) is 2. The second-order valence-corrected chi connectivity index (χ2v) is 5.77. The van der Waals surface area contributed by atoms with E-state index in [9.17, 15) is 0 Å². The second kappa shape index (κ2) is 10.0. The molecule has 0 spiro atoms. The lowest BCUT2D eigenvalue weighted by atomic mass is 10.3. The molecule has 0 saturated carbocycles. The van der Waals surface area contributed by atoms with Crippen LogP contribution in [0, 0.1) is 0 Å². The number of likely N-dealkylation sites (N-methyl/N-ethyl adjacent to an activating group) is 1. The first-order valence-corrected chi connectivity index (χ1v) is 8.86. The van der Waals surface area contributed by atoms with Crippen molar-refractivity contribution in [3.8, 4) is 11.5 Å². The minimum absolute atomic E-state index is 0.688. The number of aliphatic imine (C=N–C) groups is 1. The topological polar surface area (TPSA) is 58.1 Å². The summed E-state index contributed by atoms with van der Waals surface area (Å²) in [5.41, 5.74) is 0.938. The molecular formula is C18H30N4O2. The quantitative estimate of drug-likeness (QED) is 0.593. The first kappa shape index (κ1) is 18.4. The molecule has 0 aromatic heterocycles. The summed E-state index contributed by atoms with van der Waals surface area (Å²) in [5.74, 6) is 2.35. The molecule has 0 aliphatic carbocycles. The summed E-state index contributed by atoms with van der Waals surface area (Å²) < 4.78 is 11.4. The number of fused-ring (bicyclic) bond motifs is 1. The molecule has 0 saturated heterocycles. The van der Waals surface area contributed by atoms with Crippen molar-refractivity contribution in [1.29, 1.82) is 0 Å². The molecule has 24 heavy (non-hydrogen) atoms. The number of guanidine groups is 1. The van der Waals surface area contributed by atoms with E-state index in [1.54, 1.807) is 7.05 Å². The van der Waals surface area contributed by atoms with Gasteiger partial charge in [0.05, 0.1) is 13.2 Å². The van der Waals surface area contributed by atoms with Crippen molar-refractivity contribution in [2.45, 2.75) is 26.7 Å². The van der Waals surface area contributed by atoms with Crippen molar-refractivity contribution in [2.24, 2.45) is 4.99 Å². The average molecular weight is 334 g/mol. The molecule has 0 amide bonds. The van der Waals surface area contributed by atoms with Crippen molar-refractivity contribution < 1.29 is 9.47 Å². The van der Waals surface area contributed by atoms with Crippen LogP contribution in [0.25, 0.3) is 0 Å². The number of nitrogens with one attached hydrogen (secondary N) is 2. The normalized spacial score (nSPS) is 14.4. The molecule has 1 aromatic rings. The third-order valence-corrected chi connectivity index (χ3v) is 3.94. The Morgan fingerprint density at radius 1 is 1.17 bits per heavy atom. The molecule has 6 nitrogen and oxygen atoms in total. The number of benzene rings is 1. The molecule has 0 unspecified atom stereocenters. The Bertz CT molecular complexity index is 534. The van der Waals surface area contributed by atoms with Crippen LogP contribution in [-0.4, -0.2) is 57.3 Å². The Hall–Kier alpha value is -1.95. The zero-order chi connectivity index (χ0) is 17.2. The molecule has 0 radical (unpaired) electrons. The Morgan fingerprint density at radius 2 is 1.96 bits per heavy atom. The first-order valence-electron chi connectivity index (χ1n) is 8.86. The van der Waals surface area contributed by atoms with Gasteiger partial charge in [0.2, 0.25) is 0 Å². The number of anilines is 1. The lowest BCUT2D eigenvalue weighted by Crippen LogP contribution is -2.38. The van der Waals surface area contributed by atoms with Crippen molar-refractivity contribution in [2.75, 3.05) is 51.8 Å². The van der Waals surface area contributed by atoms with Crippen molar-refractivity contribution >= 4 is 11.6 Å². The average Bonchev–Trinajstić information content (AvgIpc) is 2.84. The highest BCUT2D eigenvalue weighted by molar-refractivity contribution is 5.93. The molecule has 0 bridgehead atoms. The van der Waals surface area contributed by atoms with Crippen molar-refractivity contribution in [3.63, 3.8) is 0 Å². The highest BCUT2D eigenvalue weighted by atomic mass is 16.5. The summed E-state index contributed by atoms with van der Waals surface area (Å²) in [4.78, 5) is 6.71. The molecule has 2 N–H and O–H groups in total. The standard InChI is InChI=1S/C18H30N4O2/c1-4-10-22(5-2)11-9-20-18(19-3)21-15-7-8-16-17(14-15)24-13-6-12-23-16/h7-8,14H,4-6,9-13H2,1-3H3,(H2,19,20,21). The van der Waals surface area contributed by atoms with Crippen LogP contribution in [0.15, 0.2) is 23.2 Å². The van der Waals surface area contributed by atoms with Gasteiger partial charge in [-0.2, -0.15) is 0 Å². The van der Waals surface area contributed by atoms with Crippen LogP contribution in [0.3, 0.4) is 0 Å². The largest absolute Gasteiger partial charge is 0.490 e. The van der Waals surface area contributed by atoms with E-state index in [0.717, 1.165) is 55.7 Å². The number of rotatable bonds is 7. The maximum atomic E-state index is 5.73. The second-order valence-electron chi connectivity index (χ2n) is 5.77. The van der Waals surface area contributed by atoms with E-state index in [-0.39, 0.29) is 0 Å². The zero-order valence-electron chi connectivity index (χ0n) is 15.1. The third kappa shape index (κ3) is 5.60. The van der Waals surface area contributed by atoms with Gasteiger partial charge < -0.3 is 25.0 Å². The highest BCUT2D eigenvalue weighted by Gasteiger charge is 2.11. The molecule has 1 aromatic carbocycles. The maximum absolute atomic E-state index is 5.73. The van der Waals surface area contributed by atoms with E-state index in [1.165, 1.54) is 6.42 Å². The van der Waals surface area contributed by atoms with Crippen LogP contribution in [0.4, 0.5) is 5.69 Å². The zero-order valence-corrected chi connectivity index (χ0v) is 15.1. The van der Waals surface area contributed by atoms with Crippen LogP contribution < -0.4 is 20.1 Å². The van der Waals surface area contributed by atoms with Crippen molar-refractivity contribution in [1.82, 2.24) is 10.2 Å². The summed E-state index contributed by atoms with van der Waals surface area (Å²) >= 11 is 0. The van der Waals surface area contributed by atoms with E-state index in [1.807, 2.05) is 18.2 Å². The molecular weight excluding hydrogens is 304 g/mol. The Balaban J connectivity index is 1.87. The van der Waals surface area contributed by atoms with Crippen LogP contribution in [-0.2, 0) is 0 Å². The first-order chi connectivity index (χ1) is 11.8. The SMILES string of the molecule is CCCN(CC)CCNC(=NC)Nc1ccc2c(c1)OCCCO2. The van der Waals surface area contributed by atoms with Gasteiger partial charge in [-0.25, -0.2) is 0 Å². The van der Waals surface area contributed by atoms with E-state index in [0.29, 0.717) is 13.2 Å². The van der Waals surface area contributed by atoms with Crippen LogP contribution in [0.5, 0.6) is 11.5 Å². The van der Waals surface area contributed by atoms with E-state index >= 15 is 0 Å². The fraction of sp³-hybridized carbons (Fsp3) is 0.611. The Morgan fingerprint density at radius 3 is 2.67 bits per heavy atom. The lowest BCUT2D eigenvalue weighted by Gasteiger charge is -2.20. The fourth-order valence-electron chi connectivity index (χ4n) is 2.63. The van der Waals surface area contributed by atoms with Gasteiger partial charge in [0.25, 0.3) is 0 Å². The van der Waals surface area contributed by atoms with Crippen LogP contribution >= 0.6 is 0 Å². The highest BCUT2D eigenvalue weighted by Crippen LogP contribution is 2.32. The van der Waals surface area contributed by atoms with E-state index in [4.69, 9.17) is 9.47 Å². The van der Waals surface area contributed by atoms with Crippen LogP contribution in [0.2, 0.25) is 0 Å². The number of hydrogen-bond donors (Lipinski definition) is 2. The molecule has 134 valence electrons. The molecule has 1 aliphatic rings. The van der Waals surface area contributed by atoms with E-state index < -0.39 is 0 Å². The Labute approximate surface area is 145 Å². The maximum Gasteiger partial charge on any atom is 0.195 e. The third-order valence-electron chi connectivity index (χ3n) is 3.94. The van der Waals surface area contributed by atoms with Gasteiger partial charge in [0.1, 0.15) is 0 Å². The van der Waals surface area contributed by atoms with Gasteiger partial charge in [-0.15, -0.1) is 0 Å². The monoisotopic (exact) mass is 334 g/mol. The van der Waals surface area contributed by atoms with Gasteiger partial charge in [-0.1, -0.05) is 13.8 Å². The number of ether oxygens (including phenoxy) is 2. The summed E-state index contributed by atoms with van der Waals surface area (Å²) in [6.45, 7) is 9.86. The van der Waals surface area contributed by atoms with E-state index in [2.05, 4.69) is 34.4 Å². The van der Waals surface area contributed by atoms with Gasteiger partial charge in [-0.3, -0.25) is 4.99 Å². The van der Waals surface area contributed by atoms with Gasteiger partial charge in [0, 0.05) is 38.3 Å². The molecule has 1 aliphatic heterocycles. The smallest absolute Gasteiger partial charge is 0.195 e. The molecule has 1 heterocycles. The number of hydrogen-bond acceptors (Lipinski definition) is 4. The molecule has 0 fully saturated rings. The molecule has 6 heteroatoms. The summed E-state index contributed by atoms with van der Waals surface area (Å²) in [6, 6.07) is 5.88. The minimum atomic E-state index is 0.688. The summed E-state index contributed by atoms with van der Waals surface area (Å²) in [5, 5.41) is 6.67. The van der Waals surface area contributed by atoms with Gasteiger partial charge >= 0.3 is 0 Å². The van der Waals surface area contributed by atoms with Gasteiger partial charge in [-0.05, 0) is 31.6 Å². The summed E-state index contributed by atoms with van der Waals surface area (Å²) in [6.07, 6.45) is 2.09. The van der Waals surface area contributed by atoms with Crippen LogP contribution in [0.1, 0.15) is 26.7 Å². The predicted octanol–water partition coefficient (Wildman–Crippen LogP) is 2.57. The van der Waals surface area contributed by atoms with Crippen molar-refractivity contribution in [3.05, 3.63) is 18.2 Å². The molecule has 2 rings (SSSR count).